The molecule has 1 rings (SSSR count). The summed E-state index contributed by atoms with van der Waals surface area (Å²) in [6.07, 6.45) is -10.2. The molecule has 0 nitrogen and oxygen atoms in total. The molecule has 1 aromatic carbocycles. The van der Waals surface area contributed by atoms with Crippen LogP contribution < -0.4 is 0 Å². The highest BCUT2D eigenvalue weighted by Gasteiger charge is 2.41. The van der Waals surface area contributed by atoms with E-state index in [0.29, 0.717) is 0 Å². The predicted octanol–water partition coefficient (Wildman–Crippen LogP) is 4.60. The maximum Gasteiger partial charge on any atom is 0.416 e. The van der Waals surface area contributed by atoms with Crippen molar-refractivity contribution in [3.05, 3.63) is 34.6 Å². The molecule has 0 unspecified atom stereocenters. The molecule has 0 aliphatic carbocycles. The first-order valence-electron chi connectivity index (χ1n) is 4.10. The summed E-state index contributed by atoms with van der Waals surface area (Å²) in [6, 6.07) is -0.0140. The van der Waals surface area contributed by atoms with Crippen molar-refractivity contribution in [2.75, 3.05) is 0 Å². The first kappa shape index (κ1) is 14.1. The Kier molecular flexibility index (Phi) is 3.61. The topological polar surface area (TPSA) is 0 Å². The molecule has 0 aliphatic rings. The van der Waals surface area contributed by atoms with E-state index in [4.69, 9.17) is 11.6 Å². The van der Waals surface area contributed by atoms with E-state index in [0.717, 1.165) is 0 Å². The molecule has 17 heavy (non-hydrogen) atoms. The van der Waals surface area contributed by atoms with Crippen LogP contribution in [0.15, 0.2) is 12.1 Å². The van der Waals surface area contributed by atoms with Gasteiger partial charge in [0.15, 0.2) is 0 Å². The normalized spacial score (nSPS) is 12.9. The molecule has 0 aromatic heterocycles. The Labute approximate surface area is 96.0 Å². The highest BCUT2D eigenvalue weighted by molar-refractivity contribution is 6.17. The van der Waals surface area contributed by atoms with Crippen molar-refractivity contribution in [1.82, 2.24) is 0 Å². The predicted molar refractivity (Wildman–Crippen MR) is 46.0 cm³/mol. The number of benzene rings is 1. The van der Waals surface area contributed by atoms with Gasteiger partial charge >= 0.3 is 12.4 Å². The van der Waals surface area contributed by atoms with Gasteiger partial charge in [-0.2, -0.15) is 26.3 Å². The number of alkyl halides is 7. The minimum atomic E-state index is -5.09. The minimum absolute atomic E-state index is 0.00699. The van der Waals surface area contributed by atoms with Crippen LogP contribution in [-0.4, -0.2) is 0 Å². The quantitative estimate of drug-likeness (QED) is 0.521. The Hall–Kier alpha value is -0.980. The largest absolute Gasteiger partial charge is 0.416 e. The van der Waals surface area contributed by atoms with Gasteiger partial charge in [0.25, 0.3) is 0 Å². The van der Waals surface area contributed by atoms with E-state index in [2.05, 4.69) is 0 Å². The summed E-state index contributed by atoms with van der Waals surface area (Å²) in [4.78, 5) is 0. The number of rotatable bonds is 1. The minimum Gasteiger partial charge on any atom is -0.207 e. The van der Waals surface area contributed by atoms with Crippen LogP contribution in [0.2, 0.25) is 0 Å². The molecule has 0 amide bonds. The first-order chi connectivity index (χ1) is 7.57. The van der Waals surface area contributed by atoms with Crippen LogP contribution in [0.3, 0.4) is 0 Å². The Balaban J connectivity index is 3.58. The monoisotopic (exact) mass is 280 g/mol. The van der Waals surface area contributed by atoms with E-state index in [9.17, 15) is 30.7 Å². The van der Waals surface area contributed by atoms with Crippen molar-refractivity contribution in [2.45, 2.75) is 18.2 Å². The van der Waals surface area contributed by atoms with E-state index in [1.807, 2.05) is 0 Å². The van der Waals surface area contributed by atoms with E-state index >= 15 is 0 Å². The van der Waals surface area contributed by atoms with Gasteiger partial charge < -0.3 is 0 Å². The van der Waals surface area contributed by atoms with Gasteiger partial charge in [0, 0.05) is 5.88 Å². The molecule has 0 heterocycles. The van der Waals surface area contributed by atoms with E-state index < -0.39 is 40.7 Å². The molecule has 0 bridgehead atoms. The van der Waals surface area contributed by atoms with E-state index in [-0.39, 0.29) is 12.1 Å². The molecule has 0 atom stereocenters. The summed E-state index contributed by atoms with van der Waals surface area (Å²) in [5.74, 6) is -2.62. The molecular formula is C9H4ClF7. The lowest BCUT2D eigenvalue weighted by atomic mass is 10.0. The fourth-order valence-electron chi connectivity index (χ4n) is 1.29. The Morgan fingerprint density at radius 1 is 0.882 bits per heavy atom. The van der Waals surface area contributed by atoms with Crippen LogP contribution in [0.4, 0.5) is 30.7 Å². The van der Waals surface area contributed by atoms with Gasteiger partial charge in [0.05, 0.1) is 11.1 Å². The zero-order chi connectivity index (χ0) is 13.4. The van der Waals surface area contributed by atoms with Gasteiger partial charge in [-0.25, -0.2) is 4.39 Å². The zero-order valence-electron chi connectivity index (χ0n) is 7.89. The van der Waals surface area contributed by atoms with Crippen molar-refractivity contribution < 1.29 is 30.7 Å². The van der Waals surface area contributed by atoms with Gasteiger partial charge in [-0.15, -0.1) is 11.6 Å². The van der Waals surface area contributed by atoms with Crippen LogP contribution in [0.1, 0.15) is 16.7 Å². The summed E-state index contributed by atoms with van der Waals surface area (Å²) in [5.41, 5.74) is -4.59. The van der Waals surface area contributed by atoms with Crippen LogP contribution in [0, 0.1) is 5.82 Å². The lowest BCUT2D eigenvalue weighted by Gasteiger charge is -2.17. The SMILES string of the molecule is Fc1cc(C(F)(F)F)c(CCl)c(C(F)(F)F)c1. The van der Waals surface area contributed by atoms with Gasteiger partial charge in [-0.3, -0.25) is 0 Å². The highest BCUT2D eigenvalue weighted by atomic mass is 35.5. The van der Waals surface area contributed by atoms with Gasteiger partial charge in [-0.05, 0) is 17.7 Å². The third-order valence-electron chi connectivity index (χ3n) is 1.96. The average Bonchev–Trinajstić information content (AvgIpc) is 2.13. The number of halogens is 8. The third-order valence-corrected chi connectivity index (χ3v) is 2.23. The summed E-state index contributed by atoms with van der Waals surface area (Å²) in [6.45, 7) is 0. The molecule has 96 valence electrons. The van der Waals surface area contributed by atoms with E-state index in [1.165, 1.54) is 0 Å². The van der Waals surface area contributed by atoms with Crippen LogP contribution in [0.5, 0.6) is 0 Å². The van der Waals surface area contributed by atoms with Crippen molar-refractivity contribution in [1.29, 1.82) is 0 Å². The smallest absolute Gasteiger partial charge is 0.207 e. The molecular weight excluding hydrogens is 277 g/mol. The standard InChI is InChI=1S/C9H4ClF7/c10-3-5-6(8(12,13)14)1-4(11)2-7(5)9(15,16)17/h1-2H,3H2. The lowest BCUT2D eigenvalue weighted by molar-refractivity contribution is -0.144. The van der Waals surface area contributed by atoms with Crippen molar-refractivity contribution >= 4 is 11.6 Å². The Morgan fingerprint density at radius 3 is 1.47 bits per heavy atom. The molecule has 0 fully saturated rings. The lowest BCUT2D eigenvalue weighted by Crippen LogP contribution is -2.16. The van der Waals surface area contributed by atoms with Crippen LogP contribution in [-0.2, 0) is 18.2 Å². The fraction of sp³-hybridized carbons (Fsp3) is 0.333. The maximum atomic E-state index is 12.8. The van der Waals surface area contributed by atoms with Gasteiger partial charge in [0.1, 0.15) is 5.82 Å². The van der Waals surface area contributed by atoms with Gasteiger partial charge in [0.2, 0.25) is 0 Å². The molecule has 8 heteroatoms. The van der Waals surface area contributed by atoms with Gasteiger partial charge in [-0.1, -0.05) is 0 Å². The number of hydrogen-bond donors (Lipinski definition) is 0. The molecule has 0 aliphatic heterocycles. The van der Waals surface area contributed by atoms with E-state index in [1.54, 1.807) is 0 Å². The number of hydrogen-bond acceptors (Lipinski definition) is 0. The summed E-state index contributed by atoms with van der Waals surface area (Å²) in [7, 11) is 0. The highest BCUT2D eigenvalue weighted by Crippen LogP contribution is 2.40. The first-order valence-corrected chi connectivity index (χ1v) is 4.63. The van der Waals surface area contributed by atoms with Crippen molar-refractivity contribution in [2.24, 2.45) is 0 Å². The fourth-order valence-corrected chi connectivity index (χ4v) is 1.57. The van der Waals surface area contributed by atoms with Crippen LogP contribution >= 0.6 is 11.6 Å². The molecule has 0 spiro atoms. The third kappa shape index (κ3) is 3.02. The summed E-state index contributed by atoms with van der Waals surface area (Å²) in [5, 5.41) is 0. The second-order valence-electron chi connectivity index (χ2n) is 3.11. The average molecular weight is 281 g/mol. The molecule has 0 radical (unpaired) electrons. The zero-order valence-corrected chi connectivity index (χ0v) is 8.64. The molecule has 1 aromatic rings. The second-order valence-corrected chi connectivity index (χ2v) is 3.38. The van der Waals surface area contributed by atoms with Crippen LogP contribution in [0.25, 0.3) is 0 Å². The summed E-state index contributed by atoms with van der Waals surface area (Å²) < 4.78 is 87.1. The molecule has 0 saturated carbocycles. The Bertz CT molecular complexity index is 383. The summed E-state index contributed by atoms with van der Waals surface area (Å²) >= 11 is 5.08. The molecule has 0 N–H and O–H groups in total. The second kappa shape index (κ2) is 4.36. The Morgan fingerprint density at radius 2 is 1.24 bits per heavy atom. The maximum absolute atomic E-state index is 12.8. The van der Waals surface area contributed by atoms with Crippen molar-refractivity contribution in [3.8, 4) is 0 Å². The molecule has 0 saturated heterocycles. The van der Waals surface area contributed by atoms with Crippen molar-refractivity contribution in [3.63, 3.8) is 0 Å².